The molecule has 0 atom stereocenters. The van der Waals surface area contributed by atoms with Gasteiger partial charge in [0.1, 0.15) is 17.2 Å². The molecule has 0 unspecified atom stereocenters. The Kier molecular flexibility index (Phi) is 6.10. The first-order chi connectivity index (χ1) is 16.4. The van der Waals surface area contributed by atoms with Crippen molar-refractivity contribution in [3.8, 4) is 11.4 Å². The molecule has 1 fully saturated rings. The molecule has 3 heterocycles. The summed E-state index contributed by atoms with van der Waals surface area (Å²) in [5.74, 6) is -0.130. The number of aromatic nitrogens is 3. The number of aryl methyl sites for hydroxylation is 1. The van der Waals surface area contributed by atoms with Crippen molar-refractivity contribution in [1.82, 2.24) is 24.8 Å². The van der Waals surface area contributed by atoms with Crippen molar-refractivity contribution in [1.29, 1.82) is 0 Å². The highest BCUT2D eigenvalue weighted by Gasteiger charge is 2.20. The average Bonchev–Trinajstić information content (AvgIpc) is 3.22. The first-order valence-corrected chi connectivity index (χ1v) is 11.9. The van der Waals surface area contributed by atoms with Gasteiger partial charge < -0.3 is 25.5 Å². The third-order valence-corrected chi connectivity index (χ3v) is 7.10. The Hall–Kier alpha value is -3.23. The third-order valence-electron chi connectivity index (χ3n) is 7.10. The van der Waals surface area contributed by atoms with E-state index < -0.39 is 11.4 Å². The molecule has 5 rings (SSSR count). The Labute approximate surface area is 197 Å². The topological polar surface area (TPSA) is 94.0 Å². The minimum atomic E-state index is -0.476. The van der Waals surface area contributed by atoms with Gasteiger partial charge in [0.15, 0.2) is 0 Å². The van der Waals surface area contributed by atoms with Gasteiger partial charge in [-0.3, -0.25) is 4.79 Å². The van der Waals surface area contributed by atoms with Crippen LogP contribution in [0.15, 0.2) is 41.2 Å². The lowest BCUT2D eigenvalue weighted by Gasteiger charge is -2.35. The summed E-state index contributed by atoms with van der Waals surface area (Å²) in [7, 11) is 4.42. The first kappa shape index (κ1) is 22.6. The van der Waals surface area contributed by atoms with Gasteiger partial charge in [0, 0.05) is 6.04 Å². The molecule has 7 nitrogen and oxygen atoms in total. The second-order valence-electron chi connectivity index (χ2n) is 9.46. The number of benzene rings is 2. The Morgan fingerprint density at radius 3 is 2.76 bits per heavy atom. The smallest absolute Gasteiger partial charge is 0.261 e. The number of likely N-dealkylation sites (tertiary alicyclic amines) is 1. The van der Waals surface area contributed by atoms with Crippen molar-refractivity contribution in [3.63, 3.8) is 0 Å². The minimum absolute atomic E-state index is 0.0908. The number of anilines is 1. The van der Waals surface area contributed by atoms with E-state index in [-0.39, 0.29) is 16.6 Å². The van der Waals surface area contributed by atoms with E-state index >= 15 is 0 Å². The summed E-state index contributed by atoms with van der Waals surface area (Å²) >= 11 is 0. The number of nitrogens with zero attached hydrogens (tertiary/aromatic N) is 3. The van der Waals surface area contributed by atoms with Crippen LogP contribution in [0.3, 0.4) is 0 Å². The summed E-state index contributed by atoms with van der Waals surface area (Å²) in [5.41, 5.74) is 9.25. The number of imidazole rings is 1. The highest BCUT2D eigenvalue weighted by Crippen LogP contribution is 2.30. The van der Waals surface area contributed by atoms with Crippen LogP contribution in [-0.2, 0) is 6.42 Å². The SMILES string of the molecule is CN1CCC(N(C)CCCc2ccc3[nH]c(-c4c(N)c5c(F)cccc5[nH]c4=O)nc3c2)CC1. The van der Waals surface area contributed by atoms with Gasteiger partial charge in [-0.05, 0) is 89.2 Å². The number of piperidine rings is 1. The van der Waals surface area contributed by atoms with Crippen LogP contribution in [0.25, 0.3) is 33.3 Å². The fraction of sp³-hybridized carbons (Fsp3) is 0.385. The van der Waals surface area contributed by atoms with Crippen LogP contribution >= 0.6 is 0 Å². The maximum Gasteiger partial charge on any atom is 0.261 e. The Morgan fingerprint density at radius 1 is 1.18 bits per heavy atom. The lowest BCUT2D eigenvalue weighted by molar-refractivity contribution is 0.143. The van der Waals surface area contributed by atoms with Crippen molar-refractivity contribution in [3.05, 3.63) is 58.1 Å². The molecule has 4 aromatic rings. The molecule has 1 aliphatic rings. The van der Waals surface area contributed by atoms with Crippen LogP contribution in [0.2, 0.25) is 0 Å². The lowest BCUT2D eigenvalue weighted by atomic mass is 10.0. The highest BCUT2D eigenvalue weighted by atomic mass is 19.1. The van der Waals surface area contributed by atoms with Gasteiger partial charge in [-0.25, -0.2) is 9.37 Å². The molecule has 2 aromatic heterocycles. The summed E-state index contributed by atoms with van der Waals surface area (Å²) in [6.07, 6.45) is 4.49. The number of nitrogen functional groups attached to an aromatic ring is 1. The predicted molar refractivity (Wildman–Crippen MR) is 135 cm³/mol. The quantitative estimate of drug-likeness (QED) is 0.406. The fourth-order valence-electron chi connectivity index (χ4n) is 5.05. The van der Waals surface area contributed by atoms with E-state index in [0.717, 1.165) is 30.4 Å². The van der Waals surface area contributed by atoms with Crippen molar-refractivity contribution in [2.75, 3.05) is 39.5 Å². The number of hydrogen-bond donors (Lipinski definition) is 3. The maximum absolute atomic E-state index is 14.4. The lowest BCUT2D eigenvalue weighted by Crippen LogP contribution is -2.42. The molecule has 2 aromatic carbocycles. The molecule has 0 radical (unpaired) electrons. The Bertz CT molecular complexity index is 1390. The van der Waals surface area contributed by atoms with Crippen molar-refractivity contribution in [2.45, 2.75) is 31.7 Å². The van der Waals surface area contributed by atoms with Gasteiger partial charge in [-0.15, -0.1) is 0 Å². The number of H-pyrrole nitrogens is 2. The molecule has 0 bridgehead atoms. The van der Waals surface area contributed by atoms with E-state index in [2.05, 4.69) is 51.0 Å². The third kappa shape index (κ3) is 4.31. The number of fused-ring (bicyclic) bond motifs is 2. The summed E-state index contributed by atoms with van der Waals surface area (Å²) < 4.78 is 14.4. The van der Waals surface area contributed by atoms with Gasteiger partial charge in [0.25, 0.3) is 5.56 Å². The van der Waals surface area contributed by atoms with E-state index in [1.165, 1.54) is 37.6 Å². The van der Waals surface area contributed by atoms with E-state index in [9.17, 15) is 9.18 Å². The summed E-state index contributed by atoms with van der Waals surface area (Å²) in [6.45, 7) is 3.40. The summed E-state index contributed by atoms with van der Waals surface area (Å²) in [4.78, 5) is 28.2. The van der Waals surface area contributed by atoms with Crippen molar-refractivity contribution < 1.29 is 4.39 Å². The second-order valence-corrected chi connectivity index (χ2v) is 9.46. The molecule has 1 saturated heterocycles. The number of nitrogens with two attached hydrogens (primary N) is 1. The molecule has 0 aliphatic carbocycles. The molecule has 178 valence electrons. The van der Waals surface area contributed by atoms with Gasteiger partial charge in [0.05, 0.1) is 27.6 Å². The first-order valence-electron chi connectivity index (χ1n) is 11.9. The molecule has 34 heavy (non-hydrogen) atoms. The molecule has 0 saturated carbocycles. The molecule has 0 amide bonds. The number of halogens is 1. The van der Waals surface area contributed by atoms with Gasteiger partial charge >= 0.3 is 0 Å². The van der Waals surface area contributed by atoms with Crippen LogP contribution in [0.1, 0.15) is 24.8 Å². The highest BCUT2D eigenvalue weighted by molar-refractivity contribution is 5.98. The molecule has 8 heteroatoms. The average molecular weight is 463 g/mol. The van der Waals surface area contributed by atoms with E-state index in [1.807, 2.05) is 6.07 Å². The number of hydrogen-bond acceptors (Lipinski definition) is 5. The van der Waals surface area contributed by atoms with Crippen LogP contribution in [-0.4, -0.2) is 64.5 Å². The summed E-state index contributed by atoms with van der Waals surface area (Å²) in [6, 6.07) is 11.3. The standard InChI is InChI=1S/C26H31FN6O/c1-32-13-10-17(11-14-32)33(2)12-4-5-16-8-9-19-21(15-16)30-25(29-19)23-24(28)22-18(27)6-3-7-20(22)31-26(23)34/h3,6-9,15,17H,4-5,10-14H2,1-2H3,(H,29,30)(H3,28,31,34). The van der Waals surface area contributed by atoms with Crippen LogP contribution in [0.5, 0.6) is 0 Å². The minimum Gasteiger partial charge on any atom is -0.397 e. The zero-order chi connectivity index (χ0) is 23.8. The zero-order valence-electron chi connectivity index (χ0n) is 19.7. The Morgan fingerprint density at radius 2 is 1.97 bits per heavy atom. The van der Waals surface area contributed by atoms with E-state index in [1.54, 1.807) is 12.1 Å². The molecule has 1 aliphatic heterocycles. The molecular weight excluding hydrogens is 431 g/mol. The number of nitrogens with one attached hydrogen (secondary N) is 2. The normalized spacial score (nSPS) is 15.6. The number of aromatic amines is 2. The Balaban J connectivity index is 1.34. The van der Waals surface area contributed by atoms with Gasteiger partial charge in [-0.1, -0.05) is 12.1 Å². The van der Waals surface area contributed by atoms with Crippen molar-refractivity contribution >= 4 is 27.6 Å². The van der Waals surface area contributed by atoms with Gasteiger partial charge in [-0.2, -0.15) is 0 Å². The zero-order valence-corrected chi connectivity index (χ0v) is 19.7. The maximum atomic E-state index is 14.4. The van der Waals surface area contributed by atoms with Crippen molar-refractivity contribution in [2.24, 2.45) is 0 Å². The van der Waals surface area contributed by atoms with E-state index in [4.69, 9.17) is 5.73 Å². The number of rotatable bonds is 6. The van der Waals surface area contributed by atoms with E-state index in [0.29, 0.717) is 17.4 Å². The molecular formula is C26H31FN6O. The van der Waals surface area contributed by atoms with Crippen LogP contribution < -0.4 is 11.3 Å². The molecule has 0 spiro atoms. The van der Waals surface area contributed by atoms with Gasteiger partial charge in [0.2, 0.25) is 0 Å². The molecule has 4 N–H and O–H groups in total. The largest absolute Gasteiger partial charge is 0.397 e. The number of pyridine rings is 1. The summed E-state index contributed by atoms with van der Waals surface area (Å²) in [5, 5.41) is 0.201. The predicted octanol–water partition coefficient (Wildman–Crippen LogP) is 3.75. The van der Waals surface area contributed by atoms with Crippen LogP contribution in [0, 0.1) is 5.82 Å². The monoisotopic (exact) mass is 462 g/mol. The second kappa shape index (κ2) is 9.19. The fourth-order valence-corrected chi connectivity index (χ4v) is 5.05. The van der Waals surface area contributed by atoms with Crippen LogP contribution in [0.4, 0.5) is 10.1 Å².